The highest BCUT2D eigenvalue weighted by atomic mass is 79.9. The van der Waals surface area contributed by atoms with E-state index in [4.69, 9.17) is 14.2 Å². The second kappa shape index (κ2) is 19.3. The number of rotatable bonds is 19. The number of ether oxygens (including phenoxy) is 3. The molecule has 1 fully saturated rings. The van der Waals surface area contributed by atoms with Crippen molar-refractivity contribution in [2.75, 3.05) is 46.5 Å². The van der Waals surface area contributed by atoms with Crippen LogP contribution in [0, 0.1) is 0 Å². The Morgan fingerprint density at radius 3 is 1.86 bits per heavy atom. The highest BCUT2D eigenvalue weighted by Crippen LogP contribution is 2.30. The summed E-state index contributed by atoms with van der Waals surface area (Å²) in [7, 11) is 2.48. The molecule has 5 heteroatoms. The maximum atomic E-state index is 5.93. The van der Waals surface area contributed by atoms with Crippen LogP contribution in [0.1, 0.15) is 109 Å². The number of nitrogens with zero attached hydrogens (tertiary/aromatic N) is 1. The smallest absolute Gasteiger partial charge is 0.161 e. The van der Waals surface area contributed by atoms with E-state index in [9.17, 15) is 0 Å². The molecule has 4 nitrogen and oxygen atoms in total. The summed E-state index contributed by atoms with van der Waals surface area (Å²) in [5.74, 6) is 1.68. The first kappa shape index (κ1) is 31.4. The molecule has 0 aliphatic carbocycles. The van der Waals surface area contributed by atoms with Gasteiger partial charge in [-0.25, -0.2) is 0 Å². The quantitative estimate of drug-likeness (QED) is 0.175. The van der Waals surface area contributed by atoms with Gasteiger partial charge in [0.05, 0.1) is 33.3 Å². The summed E-state index contributed by atoms with van der Waals surface area (Å²) in [5.41, 5.74) is 0. The van der Waals surface area contributed by atoms with E-state index in [2.05, 4.69) is 7.05 Å². The van der Waals surface area contributed by atoms with Crippen molar-refractivity contribution in [2.45, 2.75) is 115 Å². The third-order valence-electron chi connectivity index (χ3n) is 8.00. The van der Waals surface area contributed by atoms with Crippen LogP contribution in [0.25, 0.3) is 0 Å². The van der Waals surface area contributed by atoms with Gasteiger partial charge in [-0.05, 0) is 50.7 Å². The summed E-state index contributed by atoms with van der Waals surface area (Å²) in [5, 5.41) is 0. The van der Waals surface area contributed by atoms with Crippen LogP contribution in [0.5, 0.6) is 11.5 Å². The highest BCUT2D eigenvalue weighted by molar-refractivity contribution is 5.40. The molecule has 2 heterocycles. The monoisotopic (exact) mass is 567 g/mol. The molecule has 1 saturated heterocycles. The number of piperidine rings is 1. The Morgan fingerprint density at radius 2 is 1.25 bits per heavy atom. The standard InChI is InChI=1S/C31H54NO3.BrH/c1-32(24-18-14-19-25-32)23-17-12-10-8-6-4-2-3-5-7-9-11-13-20-26-33-27-29-28-34-30-21-15-16-22-31(30)35-29;/h15-16,21-22,29H,2-14,17-20,23-28H2,1H3;1H/q+1;/p-1. The van der Waals surface area contributed by atoms with E-state index >= 15 is 0 Å². The molecule has 0 N–H and O–H groups in total. The fourth-order valence-electron chi connectivity index (χ4n) is 5.68. The summed E-state index contributed by atoms with van der Waals surface area (Å²) in [4.78, 5) is 0. The van der Waals surface area contributed by atoms with E-state index in [0.717, 1.165) is 24.5 Å². The number of unbranched alkanes of at least 4 members (excludes halogenated alkanes) is 13. The fourth-order valence-corrected chi connectivity index (χ4v) is 5.68. The third-order valence-corrected chi connectivity index (χ3v) is 8.00. The average molecular weight is 569 g/mol. The van der Waals surface area contributed by atoms with Crippen molar-refractivity contribution < 1.29 is 35.7 Å². The first-order valence-electron chi connectivity index (χ1n) is 15.0. The molecule has 1 aromatic rings. The maximum Gasteiger partial charge on any atom is 0.161 e. The van der Waals surface area contributed by atoms with Gasteiger partial charge >= 0.3 is 0 Å². The SMILES string of the molecule is C[N+]1(CCCCCCCCCCCCCCCCOCC2COc3ccccc3O2)CCCCC1.[Br-]. The zero-order chi connectivity index (χ0) is 24.4. The number of para-hydroxylation sites is 2. The first-order valence-corrected chi connectivity index (χ1v) is 15.0. The minimum atomic E-state index is 0. The molecule has 0 radical (unpaired) electrons. The number of quaternary nitrogens is 1. The lowest BCUT2D eigenvalue weighted by Gasteiger charge is -2.37. The second-order valence-corrected chi connectivity index (χ2v) is 11.4. The van der Waals surface area contributed by atoms with E-state index < -0.39 is 0 Å². The second-order valence-electron chi connectivity index (χ2n) is 11.4. The number of fused-ring (bicyclic) bond motifs is 1. The average Bonchev–Trinajstić information content (AvgIpc) is 2.88. The van der Waals surface area contributed by atoms with Crippen molar-refractivity contribution in [3.05, 3.63) is 24.3 Å². The third kappa shape index (κ3) is 13.1. The van der Waals surface area contributed by atoms with Crippen LogP contribution in [0.4, 0.5) is 0 Å². The zero-order valence-electron chi connectivity index (χ0n) is 23.2. The Labute approximate surface area is 232 Å². The van der Waals surface area contributed by atoms with E-state index in [0.29, 0.717) is 13.2 Å². The molecule has 36 heavy (non-hydrogen) atoms. The molecule has 0 amide bonds. The predicted molar refractivity (Wildman–Crippen MR) is 146 cm³/mol. The molecule has 0 bridgehead atoms. The largest absolute Gasteiger partial charge is 1.00 e. The summed E-state index contributed by atoms with van der Waals surface area (Å²) in [6.07, 6.45) is 24.0. The lowest BCUT2D eigenvalue weighted by Crippen LogP contribution is -3.00. The number of hydrogen-bond acceptors (Lipinski definition) is 3. The normalized spacial score (nSPS) is 18.5. The van der Waals surface area contributed by atoms with Crippen LogP contribution >= 0.6 is 0 Å². The van der Waals surface area contributed by atoms with Crippen LogP contribution < -0.4 is 26.5 Å². The zero-order valence-corrected chi connectivity index (χ0v) is 24.8. The molecule has 0 saturated carbocycles. The predicted octanol–water partition coefficient (Wildman–Crippen LogP) is 4.94. The summed E-state index contributed by atoms with van der Waals surface area (Å²) >= 11 is 0. The van der Waals surface area contributed by atoms with Crippen molar-refractivity contribution in [3.63, 3.8) is 0 Å². The fraction of sp³-hybridized carbons (Fsp3) is 0.806. The molecule has 0 spiro atoms. The number of benzene rings is 1. The van der Waals surface area contributed by atoms with Crippen molar-refractivity contribution >= 4 is 0 Å². The van der Waals surface area contributed by atoms with Crippen molar-refractivity contribution in [1.29, 1.82) is 0 Å². The topological polar surface area (TPSA) is 27.7 Å². The van der Waals surface area contributed by atoms with Crippen LogP contribution in [-0.2, 0) is 4.74 Å². The molecule has 0 aromatic heterocycles. The Hall–Kier alpha value is -0.780. The Kier molecular flexibility index (Phi) is 16.9. The van der Waals surface area contributed by atoms with Gasteiger partial charge in [-0.2, -0.15) is 0 Å². The first-order chi connectivity index (χ1) is 17.3. The minimum absolute atomic E-state index is 0. The summed E-state index contributed by atoms with van der Waals surface area (Å²) in [6.45, 7) is 6.31. The lowest BCUT2D eigenvalue weighted by atomic mass is 10.0. The van der Waals surface area contributed by atoms with Gasteiger partial charge in [-0.15, -0.1) is 0 Å². The van der Waals surface area contributed by atoms with E-state index in [1.54, 1.807) is 0 Å². The van der Waals surface area contributed by atoms with Gasteiger partial charge in [0.15, 0.2) is 17.6 Å². The molecule has 2 aliphatic heterocycles. The molecule has 3 rings (SSSR count). The molecule has 1 aromatic carbocycles. The van der Waals surface area contributed by atoms with Crippen LogP contribution in [0.2, 0.25) is 0 Å². The number of hydrogen-bond donors (Lipinski definition) is 0. The highest BCUT2D eigenvalue weighted by Gasteiger charge is 2.23. The minimum Gasteiger partial charge on any atom is -1.00 e. The van der Waals surface area contributed by atoms with Gasteiger partial charge < -0.3 is 35.7 Å². The molecule has 1 atom stereocenters. The molecule has 1 unspecified atom stereocenters. The molecular weight excluding hydrogens is 514 g/mol. The molecule has 2 aliphatic rings. The Morgan fingerprint density at radius 1 is 0.722 bits per heavy atom. The van der Waals surface area contributed by atoms with Gasteiger partial charge in [-0.1, -0.05) is 82.8 Å². The van der Waals surface area contributed by atoms with E-state index in [-0.39, 0.29) is 23.1 Å². The van der Waals surface area contributed by atoms with Gasteiger partial charge in [0.2, 0.25) is 0 Å². The van der Waals surface area contributed by atoms with E-state index in [1.807, 2.05) is 24.3 Å². The summed E-state index contributed by atoms with van der Waals surface area (Å²) in [6, 6.07) is 7.86. The van der Waals surface area contributed by atoms with Gasteiger partial charge in [0, 0.05) is 6.61 Å². The van der Waals surface area contributed by atoms with Gasteiger partial charge in [-0.3, -0.25) is 0 Å². The van der Waals surface area contributed by atoms with E-state index in [1.165, 1.54) is 127 Å². The van der Waals surface area contributed by atoms with Gasteiger partial charge in [0.25, 0.3) is 0 Å². The van der Waals surface area contributed by atoms with Crippen LogP contribution in [-0.4, -0.2) is 57.1 Å². The van der Waals surface area contributed by atoms with Crippen molar-refractivity contribution in [3.8, 4) is 11.5 Å². The van der Waals surface area contributed by atoms with Crippen molar-refractivity contribution in [1.82, 2.24) is 0 Å². The van der Waals surface area contributed by atoms with Gasteiger partial charge in [0.1, 0.15) is 6.61 Å². The molecule has 208 valence electrons. The summed E-state index contributed by atoms with van der Waals surface area (Å²) < 4.78 is 18.9. The number of likely N-dealkylation sites (tertiary alicyclic amines) is 1. The lowest BCUT2D eigenvalue weighted by molar-refractivity contribution is -0.914. The number of halogens is 1. The van der Waals surface area contributed by atoms with Crippen molar-refractivity contribution in [2.24, 2.45) is 0 Å². The van der Waals surface area contributed by atoms with Crippen LogP contribution in [0.15, 0.2) is 24.3 Å². The maximum absolute atomic E-state index is 5.93. The molecular formula is C31H54BrNO3. The van der Waals surface area contributed by atoms with Crippen LogP contribution in [0.3, 0.4) is 0 Å². The Balaban J connectivity index is 0.00000456. The Bertz CT molecular complexity index is 665.